The molecule has 1 amide bonds. The maximum absolute atomic E-state index is 12.0. The van der Waals surface area contributed by atoms with Crippen LogP contribution in [0.15, 0.2) is 12.1 Å². The summed E-state index contributed by atoms with van der Waals surface area (Å²) in [6.07, 6.45) is 2.57. The Balaban J connectivity index is 1.81. The van der Waals surface area contributed by atoms with Gasteiger partial charge in [0.1, 0.15) is 11.0 Å². The maximum atomic E-state index is 12.0. The zero-order valence-corrected chi connectivity index (χ0v) is 12.5. The van der Waals surface area contributed by atoms with Crippen LogP contribution in [0.25, 0.3) is 0 Å². The van der Waals surface area contributed by atoms with E-state index >= 15 is 0 Å². The van der Waals surface area contributed by atoms with Crippen LogP contribution < -0.4 is 11.1 Å². The van der Waals surface area contributed by atoms with Gasteiger partial charge in [0.2, 0.25) is 0 Å². The average Bonchev–Trinajstić information content (AvgIpc) is 2.87. The number of rotatable bonds is 5. The number of nitrogens with zero attached hydrogens (tertiary/aromatic N) is 2. The third-order valence-corrected chi connectivity index (χ3v) is 3.65. The Morgan fingerprint density at radius 3 is 2.85 bits per heavy atom. The van der Waals surface area contributed by atoms with Crippen molar-refractivity contribution < 1.29 is 4.79 Å². The van der Waals surface area contributed by atoms with Crippen LogP contribution in [0, 0.1) is 5.92 Å². The Hall–Kier alpha value is -1.33. The molecular formula is C14H21ClN4O. The fourth-order valence-corrected chi connectivity index (χ4v) is 2.70. The second-order valence-corrected chi connectivity index (χ2v) is 5.81. The summed E-state index contributed by atoms with van der Waals surface area (Å²) >= 11 is 5.79. The van der Waals surface area contributed by atoms with Crippen molar-refractivity contribution in [2.24, 2.45) is 5.92 Å². The van der Waals surface area contributed by atoms with Crippen LogP contribution in [0.1, 0.15) is 30.1 Å². The average molecular weight is 297 g/mol. The number of nitrogens with two attached hydrogens (primary N) is 1. The van der Waals surface area contributed by atoms with Gasteiger partial charge < -0.3 is 16.0 Å². The van der Waals surface area contributed by atoms with Crippen molar-refractivity contribution in [3.8, 4) is 0 Å². The smallest absolute Gasteiger partial charge is 0.251 e. The third-order valence-electron chi connectivity index (χ3n) is 3.46. The Bertz CT molecular complexity index is 454. The second-order valence-electron chi connectivity index (χ2n) is 5.43. The number of pyridine rings is 1. The summed E-state index contributed by atoms with van der Waals surface area (Å²) in [5.74, 6) is 0.522. The Kier molecular flexibility index (Phi) is 5.20. The number of carbonyl (C=O) groups excluding carboxylic acids is 1. The molecule has 0 radical (unpaired) electrons. The molecule has 1 fully saturated rings. The van der Waals surface area contributed by atoms with Gasteiger partial charge in [0.25, 0.3) is 5.91 Å². The number of hydrogen-bond acceptors (Lipinski definition) is 4. The van der Waals surface area contributed by atoms with Crippen molar-refractivity contribution in [3.05, 3.63) is 22.8 Å². The Morgan fingerprint density at radius 2 is 2.20 bits per heavy atom. The molecule has 0 aliphatic carbocycles. The first-order valence-electron chi connectivity index (χ1n) is 6.98. The molecule has 1 atom stereocenters. The third kappa shape index (κ3) is 4.35. The van der Waals surface area contributed by atoms with Crippen LogP contribution >= 0.6 is 11.6 Å². The molecule has 1 aromatic rings. The predicted octanol–water partition coefficient (Wildman–Crippen LogP) is 1.78. The highest BCUT2D eigenvalue weighted by Gasteiger charge is 2.15. The molecule has 20 heavy (non-hydrogen) atoms. The summed E-state index contributed by atoms with van der Waals surface area (Å²) in [6.45, 7) is 6.17. The number of amides is 1. The highest BCUT2D eigenvalue weighted by atomic mass is 35.5. The molecule has 110 valence electrons. The molecule has 0 aromatic carbocycles. The topological polar surface area (TPSA) is 71.2 Å². The van der Waals surface area contributed by atoms with Gasteiger partial charge in [-0.05, 0) is 44.0 Å². The molecule has 0 saturated carbocycles. The number of anilines is 1. The van der Waals surface area contributed by atoms with Gasteiger partial charge in [-0.15, -0.1) is 0 Å². The SMILES string of the molecule is CC(CNC(=O)c1cc(N)nc(Cl)c1)CN1CCCC1. The van der Waals surface area contributed by atoms with Crippen LogP contribution in [-0.2, 0) is 0 Å². The van der Waals surface area contributed by atoms with Gasteiger partial charge in [0, 0.05) is 18.7 Å². The molecule has 6 heteroatoms. The second kappa shape index (κ2) is 6.90. The van der Waals surface area contributed by atoms with Crippen LogP contribution in [-0.4, -0.2) is 42.0 Å². The quantitative estimate of drug-likeness (QED) is 0.813. The number of likely N-dealkylation sites (tertiary alicyclic amines) is 1. The van der Waals surface area contributed by atoms with Crippen LogP contribution in [0.2, 0.25) is 5.15 Å². The lowest BCUT2D eigenvalue weighted by Crippen LogP contribution is -2.34. The lowest BCUT2D eigenvalue weighted by atomic mass is 10.1. The molecule has 1 saturated heterocycles. The molecule has 0 bridgehead atoms. The first-order valence-corrected chi connectivity index (χ1v) is 7.36. The largest absolute Gasteiger partial charge is 0.384 e. The zero-order chi connectivity index (χ0) is 14.5. The minimum Gasteiger partial charge on any atom is -0.384 e. The molecule has 1 aliphatic heterocycles. The molecule has 0 spiro atoms. The Labute approximate surface area is 124 Å². The van der Waals surface area contributed by atoms with E-state index in [0.29, 0.717) is 18.0 Å². The van der Waals surface area contributed by atoms with Crippen LogP contribution in [0.5, 0.6) is 0 Å². The number of nitrogens with one attached hydrogen (secondary N) is 1. The van der Waals surface area contributed by atoms with Crippen molar-refractivity contribution in [1.82, 2.24) is 15.2 Å². The maximum Gasteiger partial charge on any atom is 0.251 e. The molecular weight excluding hydrogens is 276 g/mol. The van der Waals surface area contributed by atoms with Gasteiger partial charge in [0.05, 0.1) is 0 Å². The fraction of sp³-hybridized carbons (Fsp3) is 0.571. The molecule has 2 heterocycles. The first-order chi connectivity index (χ1) is 9.54. The van der Waals surface area contributed by atoms with Crippen molar-refractivity contribution >= 4 is 23.3 Å². The van der Waals surface area contributed by atoms with E-state index in [2.05, 4.69) is 22.1 Å². The van der Waals surface area contributed by atoms with Gasteiger partial charge in [0.15, 0.2) is 0 Å². The van der Waals surface area contributed by atoms with Crippen LogP contribution in [0.3, 0.4) is 0 Å². The van der Waals surface area contributed by atoms with E-state index in [0.717, 1.165) is 6.54 Å². The minimum absolute atomic E-state index is 0.158. The van der Waals surface area contributed by atoms with Gasteiger partial charge in [-0.25, -0.2) is 4.98 Å². The molecule has 1 unspecified atom stereocenters. The number of nitrogen functional groups attached to an aromatic ring is 1. The standard InChI is InChI=1S/C14H21ClN4O/c1-10(9-19-4-2-3-5-19)8-17-14(20)11-6-12(15)18-13(16)7-11/h6-7,10H,2-5,8-9H2,1H3,(H2,16,18)(H,17,20). The number of aromatic nitrogens is 1. The number of hydrogen-bond donors (Lipinski definition) is 2. The summed E-state index contributed by atoms with van der Waals surface area (Å²) in [6, 6.07) is 3.06. The van der Waals surface area contributed by atoms with Gasteiger partial charge >= 0.3 is 0 Å². The molecule has 1 aromatic heterocycles. The predicted molar refractivity (Wildman–Crippen MR) is 80.8 cm³/mol. The van der Waals surface area contributed by atoms with Crippen molar-refractivity contribution in [3.63, 3.8) is 0 Å². The van der Waals surface area contributed by atoms with E-state index in [1.807, 2.05) is 0 Å². The van der Waals surface area contributed by atoms with Crippen molar-refractivity contribution in [1.29, 1.82) is 0 Å². The van der Waals surface area contributed by atoms with Gasteiger partial charge in [-0.1, -0.05) is 18.5 Å². The summed E-state index contributed by atoms with van der Waals surface area (Å²) in [5, 5.41) is 3.16. The lowest BCUT2D eigenvalue weighted by Gasteiger charge is -2.20. The summed E-state index contributed by atoms with van der Waals surface area (Å²) in [4.78, 5) is 18.3. The van der Waals surface area contributed by atoms with E-state index in [1.165, 1.54) is 38.1 Å². The summed E-state index contributed by atoms with van der Waals surface area (Å²) in [7, 11) is 0. The molecule has 5 nitrogen and oxygen atoms in total. The monoisotopic (exact) mass is 296 g/mol. The molecule has 2 rings (SSSR count). The van der Waals surface area contributed by atoms with Crippen molar-refractivity contribution in [2.45, 2.75) is 19.8 Å². The summed E-state index contributed by atoms with van der Waals surface area (Å²) in [5.41, 5.74) is 6.03. The van der Waals surface area contributed by atoms with Crippen LogP contribution in [0.4, 0.5) is 5.82 Å². The van der Waals surface area contributed by atoms with E-state index < -0.39 is 0 Å². The highest BCUT2D eigenvalue weighted by Crippen LogP contribution is 2.13. The fourth-order valence-electron chi connectivity index (χ4n) is 2.49. The lowest BCUT2D eigenvalue weighted by molar-refractivity contribution is 0.0945. The highest BCUT2D eigenvalue weighted by molar-refractivity contribution is 6.29. The van der Waals surface area contributed by atoms with Gasteiger partial charge in [-0.2, -0.15) is 0 Å². The number of halogens is 1. The molecule has 1 aliphatic rings. The normalized spacial score (nSPS) is 17.1. The minimum atomic E-state index is -0.158. The van der Waals surface area contributed by atoms with Crippen molar-refractivity contribution in [2.75, 3.05) is 31.9 Å². The zero-order valence-electron chi connectivity index (χ0n) is 11.7. The van der Waals surface area contributed by atoms with E-state index in [4.69, 9.17) is 17.3 Å². The molecule has 3 N–H and O–H groups in total. The number of carbonyl (C=O) groups is 1. The Morgan fingerprint density at radius 1 is 1.50 bits per heavy atom. The first kappa shape index (κ1) is 15.1. The van der Waals surface area contributed by atoms with E-state index in [-0.39, 0.29) is 16.9 Å². The van der Waals surface area contributed by atoms with E-state index in [9.17, 15) is 4.79 Å². The van der Waals surface area contributed by atoms with Gasteiger partial charge in [-0.3, -0.25) is 4.79 Å². The summed E-state index contributed by atoms with van der Waals surface area (Å²) < 4.78 is 0. The van der Waals surface area contributed by atoms with E-state index in [1.54, 1.807) is 0 Å².